The average molecular weight is 747 g/mol. The zero-order chi connectivity index (χ0) is 37.7. The van der Waals surface area contributed by atoms with Gasteiger partial charge in [-0.3, -0.25) is 24.0 Å². The molecule has 284 valence electrons. The van der Waals surface area contributed by atoms with Gasteiger partial charge in [-0.2, -0.15) is 0 Å². The third-order valence-corrected chi connectivity index (χ3v) is 10.7. The lowest BCUT2D eigenvalue weighted by Crippen LogP contribution is -2.59. The Labute approximate surface area is 316 Å². The molecule has 0 radical (unpaired) electrons. The monoisotopic (exact) mass is 746 g/mol. The Morgan fingerprint density at radius 3 is 2.34 bits per heavy atom. The van der Waals surface area contributed by atoms with Crippen molar-refractivity contribution in [3.05, 3.63) is 77.4 Å². The Kier molecular flexibility index (Phi) is 14.5. The normalized spacial score (nSPS) is 18.3. The highest BCUT2D eigenvalue weighted by molar-refractivity contribution is 6.27. The maximum absolute atomic E-state index is 14.3. The van der Waals surface area contributed by atoms with Crippen molar-refractivity contribution < 1.29 is 28.8 Å². The first kappa shape index (κ1) is 39.5. The second kappa shape index (κ2) is 19.4. The van der Waals surface area contributed by atoms with Crippen molar-refractivity contribution in [1.29, 1.82) is 0 Å². The number of benzene rings is 2. The molecule has 0 aromatic heterocycles. The zero-order valence-corrected chi connectivity index (χ0v) is 30.9. The number of ketones is 1. The van der Waals surface area contributed by atoms with Gasteiger partial charge in [-0.15, -0.1) is 11.6 Å². The van der Waals surface area contributed by atoms with Crippen LogP contribution in [0.5, 0.6) is 0 Å². The SMILES string of the molecule is NC(=O)NCCC[C@H](CC(=O)[C@H](CC1=CCc2ccccc21)NC(=O)[C@@H]1CCCCN1C(=O)[C@H](Cc1ccccc1)NC(=O)CCl)C(=O)NC1CCC1. The van der Waals surface area contributed by atoms with Crippen molar-refractivity contribution in [3.8, 4) is 0 Å². The summed E-state index contributed by atoms with van der Waals surface area (Å²) in [7, 11) is 0. The number of fused-ring (bicyclic) bond motifs is 1. The van der Waals surface area contributed by atoms with Crippen LogP contribution in [-0.2, 0) is 36.8 Å². The first-order valence-electron chi connectivity index (χ1n) is 18.8. The van der Waals surface area contributed by atoms with Crippen LogP contribution in [0.2, 0.25) is 0 Å². The van der Waals surface area contributed by atoms with E-state index in [0.29, 0.717) is 45.1 Å². The number of urea groups is 1. The molecule has 1 heterocycles. The van der Waals surface area contributed by atoms with Crippen LogP contribution in [0.4, 0.5) is 4.79 Å². The van der Waals surface area contributed by atoms with E-state index < -0.39 is 41.9 Å². The van der Waals surface area contributed by atoms with Gasteiger partial charge in [0.15, 0.2) is 5.78 Å². The number of likely N-dealkylation sites (tertiary alicyclic amines) is 1. The summed E-state index contributed by atoms with van der Waals surface area (Å²) in [6, 6.07) is 13.9. The number of nitrogens with one attached hydrogen (secondary N) is 4. The molecule has 13 heteroatoms. The molecule has 0 unspecified atom stereocenters. The second-order valence-corrected chi connectivity index (χ2v) is 14.5. The molecular formula is C40H51ClN6O6. The number of hydrogen-bond acceptors (Lipinski definition) is 6. The van der Waals surface area contributed by atoms with Gasteiger partial charge in [-0.25, -0.2) is 4.79 Å². The molecule has 4 atom stereocenters. The highest BCUT2D eigenvalue weighted by atomic mass is 35.5. The van der Waals surface area contributed by atoms with Gasteiger partial charge in [-0.1, -0.05) is 60.7 Å². The van der Waals surface area contributed by atoms with Crippen molar-refractivity contribution in [1.82, 2.24) is 26.2 Å². The standard InChI is InChI=1S/C40H51ClN6O6/c41-25-36(49)45-33(22-26-10-2-1-3-11-26)39(52)47-21-7-6-17-34(47)38(51)46-32(23-28-19-18-27-12-4-5-16-31(27)28)35(48)24-29(13-9-20-43-40(42)53)37(50)44-30-14-8-15-30/h1-5,10-12,16,19,29-30,32-34H,6-9,13-15,17-18,20-25H2,(H,44,50)(H,45,49)(H,46,51)(H3,42,43,53)/t29-,32+,33+,34+/m1/s1. The van der Waals surface area contributed by atoms with E-state index in [0.717, 1.165) is 41.5 Å². The van der Waals surface area contributed by atoms with Crippen molar-refractivity contribution >= 4 is 52.6 Å². The number of nitrogens with zero attached hydrogens (tertiary/aromatic N) is 1. The van der Waals surface area contributed by atoms with Crippen LogP contribution in [0.3, 0.4) is 0 Å². The number of alkyl halides is 1. The molecule has 1 aliphatic heterocycles. The minimum atomic E-state index is -0.961. The Balaban J connectivity index is 1.36. The molecule has 2 aromatic rings. The lowest BCUT2D eigenvalue weighted by molar-refractivity contribution is -0.145. The maximum Gasteiger partial charge on any atom is 0.312 e. The highest BCUT2D eigenvalue weighted by Crippen LogP contribution is 2.32. The van der Waals surface area contributed by atoms with E-state index in [1.54, 1.807) is 0 Å². The van der Waals surface area contributed by atoms with Gasteiger partial charge in [0.05, 0.1) is 6.04 Å². The van der Waals surface area contributed by atoms with Crippen LogP contribution < -0.4 is 27.0 Å². The molecule has 1 saturated heterocycles. The smallest absolute Gasteiger partial charge is 0.312 e. The van der Waals surface area contributed by atoms with Crippen molar-refractivity contribution in [3.63, 3.8) is 0 Å². The Hall–Kier alpha value is -4.71. The van der Waals surface area contributed by atoms with Gasteiger partial charge in [0.2, 0.25) is 23.6 Å². The third-order valence-electron chi connectivity index (χ3n) is 10.5. The summed E-state index contributed by atoms with van der Waals surface area (Å²) in [5.74, 6) is -2.82. The fraction of sp³-hybridized carbons (Fsp3) is 0.500. The minimum absolute atomic E-state index is 0.0780. The number of amides is 6. The summed E-state index contributed by atoms with van der Waals surface area (Å²) in [6.45, 7) is 0.585. The minimum Gasteiger partial charge on any atom is -0.353 e. The maximum atomic E-state index is 14.3. The van der Waals surface area contributed by atoms with Crippen molar-refractivity contribution in [2.24, 2.45) is 11.7 Å². The Morgan fingerprint density at radius 1 is 0.868 bits per heavy atom. The molecule has 0 bridgehead atoms. The number of carbonyl (C=O) groups excluding carboxylic acids is 6. The molecule has 2 fully saturated rings. The van der Waals surface area contributed by atoms with Crippen LogP contribution in [0.15, 0.2) is 60.7 Å². The molecular weight excluding hydrogens is 696 g/mol. The largest absolute Gasteiger partial charge is 0.353 e. The van der Waals surface area contributed by atoms with Crippen LogP contribution >= 0.6 is 11.6 Å². The summed E-state index contributed by atoms with van der Waals surface area (Å²) in [5.41, 5.74) is 9.16. The summed E-state index contributed by atoms with van der Waals surface area (Å²) in [4.78, 5) is 81.4. The summed E-state index contributed by atoms with van der Waals surface area (Å²) >= 11 is 5.81. The van der Waals surface area contributed by atoms with E-state index in [-0.39, 0.29) is 55.3 Å². The third kappa shape index (κ3) is 11.1. The van der Waals surface area contributed by atoms with E-state index in [2.05, 4.69) is 27.3 Å². The van der Waals surface area contributed by atoms with Crippen molar-refractivity contribution in [2.45, 2.75) is 101 Å². The first-order chi connectivity index (χ1) is 25.6. The zero-order valence-electron chi connectivity index (χ0n) is 30.1. The quantitative estimate of drug-likeness (QED) is 0.115. The van der Waals surface area contributed by atoms with E-state index in [9.17, 15) is 28.8 Å². The fourth-order valence-electron chi connectivity index (χ4n) is 7.37. The molecule has 53 heavy (non-hydrogen) atoms. The number of Topliss-reactive ketones (excluding diaryl/α,β-unsaturated/α-hetero) is 1. The molecule has 5 rings (SSSR count). The van der Waals surface area contributed by atoms with Crippen LogP contribution in [0.1, 0.15) is 80.9 Å². The fourth-order valence-corrected chi connectivity index (χ4v) is 7.45. The molecule has 1 saturated carbocycles. The van der Waals surface area contributed by atoms with Crippen molar-refractivity contribution in [2.75, 3.05) is 19.0 Å². The van der Waals surface area contributed by atoms with E-state index in [1.807, 2.05) is 54.6 Å². The van der Waals surface area contributed by atoms with E-state index in [1.165, 1.54) is 4.90 Å². The number of nitrogens with two attached hydrogens (primary N) is 1. The molecule has 6 amide bonds. The van der Waals surface area contributed by atoms with Crippen LogP contribution in [-0.4, -0.2) is 83.5 Å². The van der Waals surface area contributed by atoms with Gasteiger partial charge in [-0.05, 0) is 80.1 Å². The molecule has 2 aromatic carbocycles. The van der Waals surface area contributed by atoms with E-state index >= 15 is 0 Å². The lowest BCUT2D eigenvalue weighted by Gasteiger charge is -2.37. The lowest BCUT2D eigenvalue weighted by atomic mass is 9.88. The van der Waals surface area contributed by atoms with Gasteiger partial charge in [0.25, 0.3) is 0 Å². The topological polar surface area (TPSA) is 180 Å². The van der Waals surface area contributed by atoms with Gasteiger partial charge >= 0.3 is 6.03 Å². The highest BCUT2D eigenvalue weighted by Gasteiger charge is 2.38. The van der Waals surface area contributed by atoms with Gasteiger partial charge < -0.3 is 31.9 Å². The molecule has 6 N–H and O–H groups in total. The first-order valence-corrected chi connectivity index (χ1v) is 19.3. The second-order valence-electron chi connectivity index (χ2n) is 14.3. The number of rotatable bonds is 18. The number of carbonyl (C=O) groups is 6. The van der Waals surface area contributed by atoms with Gasteiger partial charge in [0, 0.05) is 44.3 Å². The van der Waals surface area contributed by atoms with Crippen LogP contribution in [0, 0.1) is 5.92 Å². The summed E-state index contributed by atoms with van der Waals surface area (Å²) in [5, 5.41) is 11.4. The predicted molar refractivity (Wildman–Crippen MR) is 203 cm³/mol. The van der Waals surface area contributed by atoms with Crippen LogP contribution in [0.25, 0.3) is 5.57 Å². The average Bonchev–Trinajstić information content (AvgIpc) is 3.56. The Morgan fingerprint density at radius 2 is 1.62 bits per heavy atom. The van der Waals surface area contributed by atoms with Gasteiger partial charge in [0.1, 0.15) is 18.0 Å². The van der Waals surface area contributed by atoms with E-state index in [4.69, 9.17) is 17.3 Å². The molecule has 3 aliphatic rings. The molecule has 0 spiro atoms. The number of primary amides is 1. The number of hydrogen-bond donors (Lipinski definition) is 5. The summed E-state index contributed by atoms with van der Waals surface area (Å²) in [6.07, 6.45) is 8.51. The predicted octanol–water partition coefficient (Wildman–Crippen LogP) is 3.54. The summed E-state index contributed by atoms with van der Waals surface area (Å²) < 4.78 is 0. The number of piperidine rings is 1. The Bertz CT molecular complexity index is 1660. The number of allylic oxidation sites excluding steroid dienone is 1. The number of halogens is 1. The molecule has 12 nitrogen and oxygen atoms in total. The molecule has 2 aliphatic carbocycles.